The van der Waals surface area contributed by atoms with E-state index in [1.165, 1.54) is 19.9 Å². The van der Waals surface area contributed by atoms with Crippen LogP contribution in [0.4, 0.5) is 5.88 Å². The first-order valence-electron chi connectivity index (χ1n) is 7.29. The Labute approximate surface area is 139 Å². The van der Waals surface area contributed by atoms with Gasteiger partial charge < -0.3 is 10.2 Å². The molecule has 2 aromatic rings. The van der Waals surface area contributed by atoms with Crippen molar-refractivity contribution < 1.29 is 18.8 Å². The molecular weight excluding hydrogens is 308 g/mol. The lowest BCUT2D eigenvalue weighted by molar-refractivity contribution is -0.111. The number of benzene rings is 1. The van der Waals surface area contributed by atoms with Crippen molar-refractivity contribution in [3.05, 3.63) is 58.4 Å². The first-order valence-corrected chi connectivity index (χ1v) is 7.29. The number of amides is 2. The lowest BCUT2D eigenvalue weighted by Gasteiger charge is -2.01. The summed E-state index contributed by atoms with van der Waals surface area (Å²) in [5, 5.41) is 2.44. The highest BCUT2D eigenvalue weighted by Crippen LogP contribution is 2.27. The van der Waals surface area contributed by atoms with Crippen molar-refractivity contribution in [3.63, 3.8) is 0 Å². The van der Waals surface area contributed by atoms with E-state index in [1.54, 1.807) is 6.08 Å². The molecule has 0 fully saturated rings. The molecule has 0 unspecified atom stereocenters. The van der Waals surface area contributed by atoms with Crippen molar-refractivity contribution in [3.8, 4) is 0 Å². The van der Waals surface area contributed by atoms with Gasteiger partial charge in [-0.05, 0) is 32.4 Å². The van der Waals surface area contributed by atoms with Crippen LogP contribution in [-0.4, -0.2) is 17.6 Å². The third-order valence-corrected chi connectivity index (χ3v) is 3.42. The fourth-order valence-corrected chi connectivity index (χ4v) is 2.29. The molecule has 0 saturated heterocycles. The summed E-state index contributed by atoms with van der Waals surface area (Å²) >= 11 is 0. The Kier molecular flexibility index (Phi) is 4.99. The fourth-order valence-electron chi connectivity index (χ4n) is 2.29. The predicted molar refractivity (Wildman–Crippen MR) is 90.8 cm³/mol. The molecule has 0 spiro atoms. The van der Waals surface area contributed by atoms with Gasteiger partial charge in [0.1, 0.15) is 11.3 Å². The summed E-state index contributed by atoms with van der Waals surface area (Å²) in [5.74, 6) is -1.59. The highest BCUT2D eigenvalue weighted by Gasteiger charge is 2.25. The zero-order chi connectivity index (χ0) is 17.9. The number of carbonyl (C=O) groups excluding carboxylic acids is 3. The number of nitrogens with one attached hydrogen (secondary N) is 1. The van der Waals surface area contributed by atoms with Gasteiger partial charge in [0, 0.05) is 6.08 Å². The number of rotatable bonds is 5. The first kappa shape index (κ1) is 17.2. The summed E-state index contributed by atoms with van der Waals surface area (Å²) in [6.07, 6.45) is 2.93. The second-order valence-corrected chi connectivity index (χ2v) is 5.39. The Morgan fingerprint density at radius 3 is 2.25 bits per heavy atom. The molecule has 6 nitrogen and oxygen atoms in total. The summed E-state index contributed by atoms with van der Waals surface area (Å²) in [7, 11) is 0. The van der Waals surface area contributed by atoms with Crippen LogP contribution in [0.25, 0.3) is 6.08 Å². The maximum atomic E-state index is 12.0. The van der Waals surface area contributed by atoms with Crippen molar-refractivity contribution in [1.29, 1.82) is 0 Å². The second-order valence-electron chi connectivity index (χ2n) is 5.39. The normalized spacial score (nSPS) is 10.8. The average molecular weight is 326 g/mol. The molecule has 124 valence electrons. The smallest absolute Gasteiger partial charge is 0.255 e. The zero-order valence-electron chi connectivity index (χ0n) is 13.7. The molecule has 3 N–H and O–H groups in total. The van der Waals surface area contributed by atoms with E-state index in [2.05, 4.69) is 5.32 Å². The van der Waals surface area contributed by atoms with Gasteiger partial charge in [0.15, 0.2) is 5.78 Å². The van der Waals surface area contributed by atoms with Crippen LogP contribution >= 0.6 is 0 Å². The number of hydrogen-bond donors (Lipinski definition) is 2. The summed E-state index contributed by atoms with van der Waals surface area (Å²) in [5.41, 5.74) is 7.24. The number of furan rings is 1. The van der Waals surface area contributed by atoms with Crippen molar-refractivity contribution in [2.45, 2.75) is 20.8 Å². The standard InChI is InChI=1S/C18H18N2O4/c1-10-4-6-13(7-5-10)8-9-14(22)20-18-16(17(19)23)15(11(2)21)12(3)24-18/h4-9H,1-3H3,(H2,19,23)(H,20,22)/b9-8+. The fraction of sp³-hybridized carbons (Fsp3) is 0.167. The van der Waals surface area contributed by atoms with Crippen LogP contribution in [0.1, 0.15) is 44.5 Å². The van der Waals surface area contributed by atoms with Crippen molar-refractivity contribution in [2.24, 2.45) is 5.73 Å². The molecule has 1 aromatic heterocycles. The Morgan fingerprint density at radius 1 is 1.08 bits per heavy atom. The van der Waals surface area contributed by atoms with Gasteiger partial charge in [-0.1, -0.05) is 29.8 Å². The Balaban J connectivity index is 2.23. The molecule has 2 amide bonds. The largest absolute Gasteiger partial charge is 0.444 e. The van der Waals surface area contributed by atoms with E-state index in [0.717, 1.165) is 11.1 Å². The van der Waals surface area contributed by atoms with E-state index >= 15 is 0 Å². The Bertz CT molecular complexity index is 829. The monoisotopic (exact) mass is 326 g/mol. The lowest BCUT2D eigenvalue weighted by Crippen LogP contribution is -2.18. The number of ketones is 1. The Morgan fingerprint density at radius 2 is 1.71 bits per heavy atom. The van der Waals surface area contributed by atoms with Crippen LogP contribution in [0.5, 0.6) is 0 Å². The van der Waals surface area contributed by atoms with Crippen LogP contribution in [0.2, 0.25) is 0 Å². The molecule has 1 aromatic carbocycles. The van der Waals surface area contributed by atoms with E-state index in [1.807, 2.05) is 31.2 Å². The summed E-state index contributed by atoms with van der Waals surface area (Å²) in [6.45, 7) is 4.80. The van der Waals surface area contributed by atoms with Gasteiger partial charge >= 0.3 is 0 Å². The van der Waals surface area contributed by atoms with E-state index in [9.17, 15) is 14.4 Å². The molecule has 0 bridgehead atoms. The number of aryl methyl sites for hydroxylation is 2. The first-order chi connectivity index (χ1) is 11.3. The third-order valence-electron chi connectivity index (χ3n) is 3.42. The maximum absolute atomic E-state index is 12.0. The van der Waals surface area contributed by atoms with Gasteiger partial charge in [0.25, 0.3) is 11.8 Å². The summed E-state index contributed by atoms with van der Waals surface area (Å²) in [4.78, 5) is 35.3. The average Bonchev–Trinajstić information content (AvgIpc) is 2.83. The van der Waals surface area contributed by atoms with Crippen molar-refractivity contribution >= 4 is 29.6 Å². The molecule has 0 saturated carbocycles. The number of carbonyl (C=O) groups is 3. The van der Waals surface area contributed by atoms with Gasteiger partial charge in [-0.3, -0.25) is 19.7 Å². The topological polar surface area (TPSA) is 102 Å². The van der Waals surface area contributed by atoms with Gasteiger partial charge in [0.05, 0.1) is 5.56 Å². The number of hydrogen-bond acceptors (Lipinski definition) is 4. The van der Waals surface area contributed by atoms with E-state index in [0.29, 0.717) is 0 Å². The molecule has 2 rings (SSSR count). The van der Waals surface area contributed by atoms with Gasteiger partial charge in [-0.15, -0.1) is 0 Å². The minimum absolute atomic E-state index is 0.0836. The molecule has 24 heavy (non-hydrogen) atoms. The predicted octanol–water partition coefficient (Wildman–Crippen LogP) is 2.85. The molecule has 0 atom stereocenters. The SMILES string of the molecule is CC(=O)c1c(C)oc(NC(=O)/C=C/c2ccc(C)cc2)c1C(N)=O. The van der Waals surface area contributed by atoms with Crippen LogP contribution in [0, 0.1) is 13.8 Å². The molecule has 1 heterocycles. The van der Waals surface area contributed by atoms with E-state index < -0.39 is 11.8 Å². The van der Waals surface area contributed by atoms with Gasteiger partial charge in [-0.25, -0.2) is 0 Å². The summed E-state index contributed by atoms with van der Waals surface area (Å²) < 4.78 is 5.32. The van der Waals surface area contributed by atoms with Crippen LogP contribution in [-0.2, 0) is 4.79 Å². The van der Waals surface area contributed by atoms with Gasteiger partial charge in [0.2, 0.25) is 5.88 Å². The van der Waals surface area contributed by atoms with Crippen LogP contribution in [0.3, 0.4) is 0 Å². The minimum atomic E-state index is -0.838. The van der Waals surface area contributed by atoms with Crippen molar-refractivity contribution in [2.75, 3.05) is 5.32 Å². The number of primary amides is 1. The summed E-state index contributed by atoms with van der Waals surface area (Å²) in [6, 6.07) is 7.60. The number of Topliss-reactive ketones (excluding diaryl/α,β-unsaturated/α-hetero) is 1. The second kappa shape index (κ2) is 6.95. The third kappa shape index (κ3) is 3.78. The molecule has 0 aliphatic rings. The van der Waals surface area contributed by atoms with Crippen molar-refractivity contribution in [1.82, 2.24) is 0 Å². The van der Waals surface area contributed by atoms with E-state index in [4.69, 9.17) is 10.2 Å². The Hall–Kier alpha value is -3.15. The van der Waals surface area contributed by atoms with Crippen LogP contribution < -0.4 is 11.1 Å². The highest BCUT2D eigenvalue weighted by atomic mass is 16.4. The molecular formula is C18H18N2O4. The molecule has 0 aliphatic carbocycles. The number of nitrogens with two attached hydrogens (primary N) is 1. The number of anilines is 1. The quantitative estimate of drug-likeness (QED) is 0.651. The van der Waals surface area contributed by atoms with E-state index in [-0.39, 0.29) is 28.6 Å². The minimum Gasteiger partial charge on any atom is -0.444 e. The zero-order valence-corrected chi connectivity index (χ0v) is 13.7. The van der Waals surface area contributed by atoms with Crippen LogP contribution in [0.15, 0.2) is 34.8 Å². The van der Waals surface area contributed by atoms with Gasteiger partial charge in [-0.2, -0.15) is 0 Å². The molecule has 6 heteroatoms. The maximum Gasteiger partial charge on any atom is 0.255 e. The highest BCUT2D eigenvalue weighted by molar-refractivity contribution is 6.13. The lowest BCUT2D eigenvalue weighted by atomic mass is 10.1. The molecule has 0 radical (unpaired) electrons. The molecule has 0 aliphatic heterocycles.